The van der Waals surface area contributed by atoms with Crippen molar-refractivity contribution in [3.8, 4) is 17.0 Å². The van der Waals surface area contributed by atoms with Gasteiger partial charge in [0, 0.05) is 24.3 Å². The number of aromatic nitrogens is 2. The molecule has 0 bridgehead atoms. The van der Waals surface area contributed by atoms with Gasteiger partial charge in [-0.2, -0.15) is 5.10 Å². The van der Waals surface area contributed by atoms with Gasteiger partial charge in [-0.1, -0.05) is 30.3 Å². The van der Waals surface area contributed by atoms with Gasteiger partial charge in [0.05, 0.1) is 19.2 Å². The highest BCUT2D eigenvalue weighted by molar-refractivity contribution is 5.99. The number of methoxy groups -OCH3 is 1. The second kappa shape index (κ2) is 9.19. The number of carbonyl (C=O) groups excluding carboxylic acids is 1. The van der Waals surface area contributed by atoms with Gasteiger partial charge in [0.25, 0.3) is 5.91 Å². The summed E-state index contributed by atoms with van der Waals surface area (Å²) in [6, 6.07) is 17.6. The summed E-state index contributed by atoms with van der Waals surface area (Å²) < 4.78 is 7.03. The monoisotopic (exact) mass is 378 g/mol. The van der Waals surface area contributed by atoms with Gasteiger partial charge >= 0.3 is 0 Å². The number of hydrogen-bond acceptors (Lipinski definition) is 4. The van der Waals surface area contributed by atoms with E-state index in [1.807, 2.05) is 61.5 Å². The lowest BCUT2D eigenvalue weighted by Gasteiger charge is -2.07. The average molecular weight is 378 g/mol. The number of amides is 1. The summed E-state index contributed by atoms with van der Waals surface area (Å²) in [4.78, 5) is 12.8. The number of carbonyl (C=O) groups is 1. The molecule has 1 aromatic heterocycles. The first-order valence-electron chi connectivity index (χ1n) is 9.36. The molecule has 3 rings (SSSR count). The Bertz CT molecular complexity index is 902. The van der Waals surface area contributed by atoms with Crippen molar-refractivity contribution in [2.24, 2.45) is 5.73 Å². The maximum atomic E-state index is 12.8. The summed E-state index contributed by atoms with van der Waals surface area (Å²) in [6.45, 7) is 3.05. The van der Waals surface area contributed by atoms with Crippen LogP contribution in [0.3, 0.4) is 0 Å². The SMILES string of the molecule is COc1ccc(-c2nn(Cc3ccccc3)cc2C(=O)NCCC(C)N)cc1. The molecule has 0 fully saturated rings. The van der Waals surface area contributed by atoms with E-state index in [0.717, 1.165) is 23.3 Å². The number of hydrogen-bond donors (Lipinski definition) is 2. The minimum absolute atomic E-state index is 0.0437. The number of benzene rings is 2. The molecular weight excluding hydrogens is 352 g/mol. The van der Waals surface area contributed by atoms with E-state index in [4.69, 9.17) is 10.5 Å². The summed E-state index contributed by atoms with van der Waals surface area (Å²) >= 11 is 0. The van der Waals surface area contributed by atoms with Gasteiger partial charge in [-0.3, -0.25) is 9.48 Å². The molecule has 146 valence electrons. The van der Waals surface area contributed by atoms with E-state index in [1.165, 1.54) is 0 Å². The standard InChI is InChI=1S/C22H26N4O2/c1-16(23)12-13-24-22(27)20-15-26(14-17-6-4-3-5-7-17)25-21(20)18-8-10-19(28-2)11-9-18/h3-11,15-16H,12-14,23H2,1-2H3,(H,24,27). The second-order valence-electron chi connectivity index (χ2n) is 6.82. The van der Waals surface area contributed by atoms with Crippen LogP contribution in [-0.4, -0.2) is 35.4 Å². The molecule has 3 aromatic rings. The molecule has 2 aromatic carbocycles. The Morgan fingerprint density at radius 2 is 1.89 bits per heavy atom. The van der Waals surface area contributed by atoms with Gasteiger partial charge in [-0.05, 0) is 43.2 Å². The van der Waals surface area contributed by atoms with Crippen LogP contribution in [0.25, 0.3) is 11.3 Å². The minimum atomic E-state index is -0.147. The van der Waals surface area contributed by atoms with E-state index in [0.29, 0.717) is 24.3 Å². The van der Waals surface area contributed by atoms with Crippen LogP contribution < -0.4 is 15.8 Å². The summed E-state index contributed by atoms with van der Waals surface area (Å²) in [6.07, 6.45) is 2.52. The maximum Gasteiger partial charge on any atom is 0.255 e. The first-order valence-corrected chi connectivity index (χ1v) is 9.36. The van der Waals surface area contributed by atoms with Crippen LogP contribution in [0.1, 0.15) is 29.3 Å². The molecule has 3 N–H and O–H groups in total. The average Bonchev–Trinajstić information content (AvgIpc) is 3.12. The zero-order chi connectivity index (χ0) is 19.9. The third-order valence-corrected chi connectivity index (χ3v) is 4.44. The Kier molecular flexibility index (Phi) is 6.45. The predicted molar refractivity (Wildman–Crippen MR) is 110 cm³/mol. The zero-order valence-corrected chi connectivity index (χ0v) is 16.3. The first-order chi connectivity index (χ1) is 13.6. The van der Waals surface area contributed by atoms with Crippen molar-refractivity contribution < 1.29 is 9.53 Å². The zero-order valence-electron chi connectivity index (χ0n) is 16.3. The van der Waals surface area contributed by atoms with Crippen molar-refractivity contribution in [1.82, 2.24) is 15.1 Å². The van der Waals surface area contributed by atoms with E-state index in [2.05, 4.69) is 10.4 Å². The molecule has 0 radical (unpaired) electrons. The van der Waals surface area contributed by atoms with E-state index in [9.17, 15) is 4.79 Å². The summed E-state index contributed by atoms with van der Waals surface area (Å²) in [5, 5.41) is 7.63. The molecule has 1 atom stereocenters. The van der Waals surface area contributed by atoms with Crippen LogP contribution in [0, 0.1) is 0 Å². The summed E-state index contributed by atoms with van der Waals surface area (Å²) in [7, 11) is 1.63. The summed E-state index contributed by atoms with van der Waals surface area (Å²) in [5.41, 5.74) is 8.96. The number of nitrogens with two attached hydrogens (primary N) is 1. The Balaban J connectivity index is 1.89. The highest BCUT2D eigenvalue weighted by atomic mass is 16.5. The fraction of sp³-hybridized carbons (Fsp3) is 0.273. The van der Waals surface area contributed by atoms with Gasteiger partial charge in [-0.15, -0.1) is 0 Å². The molecular formula is C22H26N4O2. The van der Waals surface area contributed by atoms with Gasteiger partial charge in [-0.25, -0.2) is 0 Å². The Morgan fingerprint density at radius 3 is 2.54 bits per heavy atom. The fourth-order valence-corrected chi connectivity index (χ4v) is 2.91. The van der Waals surface area contributed by atoms with Crippen LogP contribution in [-0.2, 0) is 6.54 Å². The third kappa shape index (κ3) is 4.98. The van der Waals surface area contributed by atoms with E-state index in [-0.39, 0.29) is 11.9 Å². The lowest BCUT2D eigenvalue weighted by molar-refractivity contribution is 0.0953. The predicted octanol–water partition coefficient (Wildman–Crippen LogP) is 3.07. The molecule has 0 aliphatic rings. The second-order valence-corrected chi connectivity index (χ2v) is 6.82. The smallest absolute Gasteiger partial charge is 0.255 e. The lowest BCUT2D eigenvalue weighted by Crippen LogP contribution is -2.29. The van der Waals surface area contributed by atoms with Crippen molar-refractivity contribution >= 4 is 5.91 Å². The van der Waals surface area contributed by atoms with E-state index >= 15 is 0 Å². The lowest BCUT2D eigenvalue weighted by atomic mass is 10.1. The molecule has 0 aliphatic heterocycles. The third-order valence-electron chi connectivity index (χ3n) is 4.44. The van der Waals surface area contributed by atoms with Crippen molar-refractivity contribution in [2.45, 2.75) is 25.9 Å². The number of nitrogens with one attached hydrogen (secondary N) is 1. The van der Waals surface area contributed by atoms with Crippen molar-refractivity contribution in [3.05, 3.63) is 71.9 Å². The molecule has 1 heterocycles. The summed E-state index contributed by atoms with van der Waals surface area (Å²) in [5.74, 6) is 0.612. The highest BCUT2D eigenvalue weighted by Crippen LogP contribution is 2.25. The molecule has 0 aliphatic carbocycles. The van der Waals surface area contributed by atoms with Gasteiger partial charge < -0.3 is 15.8 Å². The Hall–Kier alpha value is -3.12. The topological polar surface area (TPSA) is 82.2 Å². The first kappa shape index (κ1) is 19.6. The highest BCUT2D eigenvalue weighted by Gasteiger charge is 2.18. The van der Waals surface area contributed by atoms with Crippen LogP contribution in [0.2, 0.25) is 0 Å². The largest absolute Gasteiger partial charge is 0.497 e. The number of rotatable bonds is 8. The number of nitrogens with zero attached hydrogens (tertiary/aromatic N) is 2. The molecule has 1 amide bonds. The van der Waals surface area contributed by atoms with Crippen LogP contribution in [0.15, 0.2) is 60.8 Å². The molecule has 6 heteroatoms. The van der Waals surface area contributed by atoms with Crippen molar-refractivity contribution in [1.29, 1.82) is 0 Å². The van der Waals surface area contributed by atoms with E-state index < -0.39 is 0 Å². The van der Waals surface area contributed by atoms with Gasteiger partial charge in [0.1, 0.15) is 11.4 Å². The molecule has 0 spiro atoms. The molecule has 0 saturated heterocycles. The Morgan fingerprint density at radius 1 is 1.18 bits per heavy atom. The van der Waals surface area contributed by atoms with Gasteiger partial charge in [0.15, 0.2) is 0 Å². The van der Waals surface area contributed by atoms with Crippen molar-refractivity contribution in [2.75, 3.05) is 13.7 Å². The fourth-order valence-electron chi connectivity index (χ4n) is 2.91. The van der Waals surface area contributed by atoms with Crippen LogP contribution in [0.4, 0.5) is 0 Å². The molecule has 1 unspecified atom stereocenters. The van der Waals surface area contributed by atoms with Gasteiger partial charge in [0.2, 0.25) is 0 Å². The van der Waals surface area contributed by atoms with Crippen LogP contribution in [0.5, 0.6) is 5.75 Å². The molecule has 28 heavy (non-hydrogen) atoms. The maximum absolute atomic E-state index is 12.8. The Labute approximate surface area is 165 Å². The normalized spacial score (nSPS) is 11.8. The quantitative estimate of drug-likeness (QED) is 0.631. The van der Waals surface area contributed by atoms with E-state index in [1.54, 1.807) is 18.0 Å². The molecule has 0 saturated carbocycles. The van der Waals surface area contributed by atoms with Crippen molar-refractivity contribution in [3.63, 3.8) is 0 Å². The van der Waals surface area contributed by atoms with Crippen LogP contribution >= 0.6 is 0 Å². The molecule has 6 nitrogen and oxygen atoms in total. The minimum Gasteiger partial charge on any atom is -0.497 e. The number of ether oxygens (including phenoxy) is 1.